The molecular weight excluding hydrogens is 412 g/mol. The van der Waals surface area contributed by atoms with E-state index in [9.17, 15) is 9.59 Å². The van der Waals surface area contributed by atoms with Gasteiger partial charge in [-0.1, -0.05) is 72.8 Å². The van der Waals surface area contributed by atoms with Crippen LogP contribution in [0.5, 0.6) is 5.75 Å². The first-order chi connectivity index (χ1) is 16.0. The van der Waals surface area contributed by atoms with E-state index in [1.54, 1.807) is 19.1 Å². The lowest BCUT2D eigenvalue weighted by Crippen LogP contribution is -2.37. The van der Waals surface area contributed by atoms with Crippen LogP contribution in [-0.2, 0) is 11.2 Å². The third-order valence-corrected chi connectivity index (χ3v) is 6.60. The van der Waals surface area contributed by atoms with Crippen LogP contribution in [0, 0.1) is 0 Å². The van der Waals surface area contributed by atoms with Crippen molar-refractivity contribution in [1.29, 1.82) is 0 Å². The lowest BCUT2D eigenvalue weighted by molar-refractivity contribution is -0.129. The smallest absolute Gasteiger partial charge is 0.327 e. The number of benzene rings is 3. The Labute approximate surface area is 195 Å². The summed E-state index contributed by atoms with van der Waals surface area (Å²) in [6.45, 7) is 1.99. The Morgan fingerprint density at radius 2 is 1.55 bits per heavy atom. The molecule has 5 heteroatoms. The maximum Gasteiger partial charge on any atom is 0.327 e. The van der Waals surface area contributed by atoms with Gasteiger partial charge in [0.05, 0.1) is 19.2 Å². The number of carbonyl (C=O) groups excluding carboxylic acids is 2. The largest absolute Gasteiger partial charge is 0.497 e. The quantitative estimate of drug-likeness (QED) is 0.490. The topological polar surface area (TPSA) is 49.9 Å². The molecule has 0 aromatic heterocycles. The summed E-state index contributed by atoms with van der Waals surface area (Å²) in [5, 5.41) is 0. The van der Waals surface area contributed by atoms with Crippen LogP contribution in [0.15, 0.2) is 84.9 Å². The molecule has 5 nitrogen and oxygen atoms in total. The summed E-state index contributed by atoms with van der Waals surface area (Å²) in [7, 11) is 3.41. The number of methoxy groups -OCH3 is 1. The van der Waals surface area contributed by atoms with E-state index in [2.05, 4.69) is 12.1 Å². The Morgan fingerprint density at radius 1 is 0.939 bits per heavy atom. The third-order valence-electron chi connectivity index (χ3n) is 6.60. The first-order valence-corrected chi connectivity index (χ1v) is 11.3. The summed E-state index contributed by atoms with van der Waals surface area (Å²) in [4.78, 5) is 29.9. The zero-order valence-electron chi connectivity index (χ0n) is 19.3. The van der Waals surface area contributed by atoms with Gasteiger partial charge in [0.1, 0.15) is 5.75 Å². The average molecular weight is 443 g/mol. The summed E-state index contributed by atoms with van der Waals surface area (Å²) in [5.41, 5.74) is 3.18. The number of likely N-dealkylation sites (N-methyl/N-ethyl adjacent to an activating group) is 1. The minimum absolute atomic E-state index is 0.0440. The zero-order chi connectivity index (χ0) is 23.4. The van der Waals surface area contributed by atoms with Crippen molar-refractivity contribution in [3.05, 3.63) is 102 Å². The average Bonchev–Trinajstić information content (AvgIpc) is 3.09. The van der Waals surface area contributed by atoms with Gasteiger partial charge in [-0.15, -0.1) is 0 Å². The molecule has 1 heterocycles. The fraction of sp³-hybridized carbons (Fsp3) is 0.286. The number of rotatable bonds is 7. The molecule has 0 spiro atoms. The van der Waals surface area contributed by atoms with Gasteiger partial charge in [0, 0.05) is 13.5 Å². The summed E-state index contributed by atoms with van der Waals surface area (Å²) in [6.07, 6.45) is 0.953. The van der Waals surface area contributed by atoms with Crippen LogP contribution in [0.1, 0.15) is 42.0 Å². The molecule has 3 atom stereocenters. The van der Waals surface area contributed by atoms with Gasteiger partial charge in [-0.25, -0.2) is 4.79 Å². The number of imide groups is 1. The van der Waals surface area contributed by atoms with Gasteiger partial charge < -0.3 is 9.64 Å². The lowest BCUT2D eigenvalue weighted by atomic mass is 9.88. The Balaban J connectivity index is 1.61. The molecule has 0 saturated carbocycles. The lowest BCUT2D eigenvalue weighted by Gasteiger charge is -2.26. The summed E-state index contributed by atoms with van der Waals surface area (Å²) in [5.74, 6) is 0.612. The van der Waals surface area contributed by atoms with E-state index < -0.39 is 0 Å². The van der Waals surface area contributed by atoms with Crippen LogP contribution in [0.2, 0.25) is 0 Å². The second kappa shape index (κ2) is 9.90. The van der Waals surface area contributed by atoms with Crippen LogP contribution in [0.25, 0.3) is 0 Å². The first kappa shape index (κ1) is 22.6. The SMILES string of the molecule is COc1ccc(C[C@@H](CC(=O)N2C(=O)N(C)[C@@H](C)[C@H]2c2ccccc2)c2ccccc2)cc1. The van der Waals surface area contributed by atoms with Crippen molar-refractivity contribution >= 4 is 11.9 Å². The molecule has 0 unspecified atom stereocenters. The summed E-state index contributed by atoms with van der Waals surface area (Å²) < 4.78 is 5.27. The van der Waals surface area contributed by atoms with E-state index in [0.717, 1.165) is 22.4 Å². The Morgan fingerprint density at radius 3 is 2.15 bits per heavy atom. The maximum atomic E-state index is 13.7. The highest BCUT2D eigenvalue weighted by Gasteiger charge is 2.45. The fourth-order valence-corrected chi connectivity index (χ4v) is 4.62. The second-order valence-corrected chi connectivity index (χ2v) is 8.62. The summed E-state index contributed by atoms with van der Waals surface area (Å²) in [6, 6.07) is 27.2. The monoisotopic (exact) mass is 442 g/mol. The van der Waals surface area contributed by atoms with Gasteiger partial charge in [-0.2, -0.15) is 0 Å². The molecule has 3 aromatic rings. The van der Waals surface area contributed by atoms with E-state index in [4.69, 9.17) is 4.74 Å². The number of hydrogen-bond acceptors (Lipinski definition) is 3. The van der Waals surface area contributed by atoms with Crippen molar-refractivity contribution in [1.82, 2.24) is 9.80 Å². The minimum atomic E-state index is -0.298. The highest BCUT2D eigenvalue weighted by Crippen LogP contribution is 2.36. The van der Waals surface area contributed by atoms with E-state index in [-0.39, 0.29) is 36.4 Å². The molecule has 1 aliphatic rings. The molecule has 33 heavy (non-hydrogen) atoms. The minimum Gasteiger partial charge on any atom is -0.497 e. The van der Waals surface area contributed by atoms with E-state index in [1.807, 2.05) is 79.7 Å². The molecule has 0 radical (unpaired) electrons. The number of carbonyl (C=O) groups is 2. The molecule has 1 saturated heterocycles. The van der Waals surface area contributed by atoms with Gasteiger partial charge in [0.15, 0.2) is 0 Å². The van der Waals surface area contributed by atoms with Gasteiger partial charge in [-0.3, -0.25) is 9.69 Å². The molecule has 0 aliphatic carbocycles. The van der Waals surface area contributed by atoms with Gasteiger partial charge in [0.2, 0.25) is 5.91 Å². The van der Waals surface area contributed by atoms with Gasteiger partial charge in [-0.05, 0) is 48.1 Å². The van der Waals surface area contributed by atoms with Crippen molar-refractivity contribution in [2.75, 3.05) is 14.2 Å². The van der Waals surface area contributed by atoms with Gasteiger partial charge in [0.25, 0.3) is 0 Å². The predicted octanol–water partition coefficient (Wildman–Crippen LogP) is 5.44. The van der Waals surface area contributed by atoms with Crippen molar-refractivity contribution in [3.8, 4) is 5.75 Å². The van der Waals surface area contributed by atoms with Crippen LogP contribution >= 0.6 is 0 Å². The molecule has 4 rings (SSSR count). The predicted molar refractivity (Wildman–Crippen MR) is 129 cm³/mol. The molecule has 170 valence electrons. The number of amides is 3. The van der Waals surface area contributed by atoms with Crippen LogP contribution in [-0.4, -0.2) is 41.9 Å². The maximum absolute atomic E-state index is 13.7. The molecule has 0 bridgehead atoms. The second-order valence-electron chi connectivity index (χ2n) is 8.62. The molecule has 1 aliphatic heterocycles. The van der Waals surface area contributed by atoms with Crippen LogP contribution < -0.4 is 4.74 Å². The van der Waals surface area contributed by atoms with E-state index in [1.165, 1.54) is 4.90 Å². The molecular formula is C28H30N2O3. The van der Waals surface area contributed by atoms with Gasteiger partial charge >= 0.3 is 6.03 Å². The number of hydrogen-bond donors (Lipinski definition) is 0. The normalized spacial score (nSPS) is 18.9. The van der Waals surface area contributed by atoms with Crippen molar-refractivity contribution in [2.24, 2.45) is 0 Å². The molecule has 3 aromatic carbocycles. The number of nitrogens with zero attached hydrogens (tertiary/aromatic N) is 2. The van der Waals surface area contributed by atoms with E-state index in [0.29, 0.717) is 6.42 Å². The van der Waals surface area contributed by atoms with Crippen LogP contribution in [0.4, 0.5) is 4.79 Å². The zero-order valence-corrected chi connectivity index (χ0v) is 19.3. The van der Waals surface area contributed by atoms with Crippen LogP contribution in [0.3, 0.4) is 0 Å². The summed E-state index contributed by atoms with van der Waals surface area (Å²) >= 11 is 0. The van der Waals surface area contributed by atoms with E-state index >= 15 is 0 Å². The third kappa shape index (κ3) is 4.77. The molecule has 1 fully saturated rings. The Bertz CT molecular complexity index is 1080. The Hall–Kier alpha value is -3.60. The standard InChI is InChI=1S/C28H30N2O3/c1-20-27(23-12-8-5-9-13-23)30(28(32)29(20)2)26(31)19-24(22-10-6-4-7-11-22)18-21-14-16-25(33-3)17-15-21/h4-17,20,24,27H,18-19H2,1-3H3/t20-,24-,27-/m0/s1. The fourth-order valence-electron chi connectivity index (χ4n) is 4.62. The number of ether oxygens (including phenoxy) is 1. The highest BCUT2D eigenvalue weighted by molar-refractivity contribution is 5.97. The first-order valence-electron chi connectivity index (χ1n) is 11.3. The number of urea groups is 1. The Kier molecular flexibility index (Phi) is 6.78. The molecule has 0 N–H and O–H groups in total. The van der Waals surface area contributed by atoms with Crippen molar-refractivity contribution in [3.63, 3.8) is 0 Å². The van der Waals surface area contributed by atoms with Crippen molar-refractivity contribution < 1.29 is 14.3 Å². The highest BCUT2D eigenvalue weighted by atomic mass is 16.5. The van der Waals surface area contributed by atoms with Crippen molar-refractivity contribution in [2.45, 2.75) is 37.8 Å². The molecule has 3 amide bonds.